The van der Waals surface area contributed by atoms with Crippen LogP contribution in [0, 0.1) is 5.41 Å². The van der Waals surface area contributed by atoms with Gasteiger partial charge < -0.3 is 10.2 Å². The van der Waals surface area contributed by atoms with Gasteiger partial charge in [-0.3, -0.25) is 4.99 Å². The van der Waals surface area contributed by atoms with Crippen molar-refractivity contribution in [3.63, 3.8) is 0 Å². The summed E-state index contributed by atoms with van der Waals surface area (Å²) < 4.78 is 0. The van der Waals surface area contributed by atoms with E-state index >= 15 is 0 Å². The minimum Gasteiger partial charge on any atom is -0.357 e. The SMILES string of the molecule is CCCCCN=C(NCC)N1CCC(C)(C)C1.I. The Morgan fingerprint density at radius 2 is 2.00 bits per heavy atom. The van der Waals surface area contributed by atoms with E-state index in [0.29, 0.717) is 5.41 Å². The zero-order chi connectivity index (χ0) is 12.7. The molecule has 0 radical (unpaired) electrons. The number of nitrogens with zero attached hydrogens (tertiary/aromatic N) is 2. The van der Waals surface area contributed by atoms with Crippen LogP contribution in [-0.4, -0.2) is 37.0 Å². The van der Waals surface area contributed by atoms with Crippen LogP contribution in [0.5, 0.6) is 0 Å². The molecule has 1 heterocycles. The highest BCUT2D eigenvalue weighted by molar-refractivity contribution is 14.0. The van der Waals surface area contributed by atoms with Gasteiger partial charge in [-0.05, 0) is 25.2 Å². The van der Waals surface area contributed by atoms with Crippen molar-refractivity contribution in [3.8, 4) is 0 Å². The van der Waals surface area contributed by atoms with E-state index in [1.165, 1.54) is 25.7 Å². The van der Waals surface area contributed by atoms with Gasteiger partial charge in [0.15, 0.2) is 5.96 Å². The van der Waals surface area contributed by atoms with Gasteiger partial charge in [0.25, 0.3) is 0 Å². The molecule has 18 heavy (non-hydrogen) atoms. The van der Waals surface area contributed by atoms with E-state index in [1.807, 2.05) is 0 Å². The van der Waals surface area contributed by atoms with Crippen molar-refractivity contribution >= 4 is 29.9 Å². The largest absolute Gasteiger partial charge is 0.357 e. The van der Waals surface area contributed by atoms with Crippen molar-refractivity contribution in [1.29, 1.82) is 0 Å². The van der Waals surface area contributed by atoms with E-state index in [0.717, 1.165) is 32.1 Å². The number of unbranched alkanes of at least 4 members (excludes halogenated alkanes) is 2. The first-order chi connectivity index (χ1) is 8.09. The molecule has 0 amide bonds. The maximum atomic E-state index is 4.73. The third kappa shape index (κ3) is 6.25. The molecule has 1 saturated heterocycles. The molecule has 0 aromatic carbocycles. The van der Waals surface area contributed by atoms with Crippen LogP contribution in [0.4, 0.5) is 0 Å². The molecule has 0 atom stereocenters. The van der Waals surface area contributed by atoms with Gasteiger partial charge in [0.1, 0.15) is 0 Å². The Labute approximate surface area is 130 Å². The maximum absolute atomic E-state index is 4.73. The highest BCUT2D eigenvalue weighted by Gasteiger charge is 2.30. The van der Waals surface area contributed by atoms with Crippen molar-refractivity contribution in [1.82, 2.24) is 10.2 Å². The first kappa shape index (κ1) is 18.0. The van der Waals surface area contributed by atoms with Crippen molar-refractivity contribution in [2.45, 2.75) is 53.4 Å². The van der Waals surface area contributed by atoms with E-state index in [9.17, 15) is 0 Å². The van der Waals surface area contributed by atoms with Gasteiger partial charge in [0.2, 0.25) is 0 Å². The average Bonchev–Trinajstić information content (AvgIpc) is 2.63. The van der Waals surface area contributed by atoms with Gasteiger partial charge in [-0.2, -0.15) is 0 Å². The van der Waals surface area contributed by atoms with Crippen LogP contribution < -0.4 is 5.32 Å². The van der Waals surface area contributed by atoms with E-state index < -0.39 is 0 Å². The van der Waals surface area contributed by atoms with Crippen molar-refractivity contribution in [2.75, 3.05) is 26.2 Å². The van der Waals surface area contributed by atoms with Crippen LogP contribution in [0.3, 0.4) is 0 Å². The number of hydrogen-bond donors (Lipinski definition) is 1. The summed E-state index contributed by atoms with van der Waals surface area (Å²) in [5.74, 6) is 1.12. The minimum absolute atomic E-state index is 0. The van der Waals surface area contributed by atoms with Crippen molar-refractivity contribution < 1.29 is 0 Å². The molecular weight excluding hydrogens is 337 g/mol. The summed E-state index contributed by atoms with van der Waals surface area (Å²) in [5.41, 5.74) is 0.444. The van der Waals surface area contributed by atoms with Crippen LogP contribution in [0.2, 0.25) is 0 Å². The third-order valence-electron chi connectivity index (χ3n) is 3.34. The van der Waals surface area contributed by atoms with Crippen LogP contribution in [0.15, 0.2) is 4.99 Å². The summed E-state index contributed by atoms with van der Waals surface area (Å²) in [6.45, 7) is 13.3. The lowest BCUT2D eigenvalue weighted by molar-refractivity contribution is 0.370. The molecule has 0 aliphatic carbocycles. The van der Waals surface area contributed by atoms with Crippen LogP contribution >= 0.6 is 24.0 Å². The normalized spacial score (nSPS) is 18.7. The Hall–Kier alpha value is 0. The Kier molecular flexibility index (Phi) is 8.99. The molecule has 1 rings (SSSR count). The van der Waals surface area contributed by atoms with Crippen LogP contribution in [0.1, 0.15) is 53.4 Å². The topological polar surface area (TPSA) is 27.6 Å². The number of likely N-dealkylation sites (tertiary alicyclic amines) is 1. The average molecular weight is 367 g/mol. The predicted octanol–water partition coefficient (Wildman–Crippen LogP) is 3.49. The Morgan fingerprint density at radius 1 is 1.28 bits per heavy atom. The zero-order valence-electron chi connectivity index (χ0n) is 12.5. The summed E-state index contributed by atoms with van der Waals surface area (Å²) in [6.07, 6.45) is 5.03. The van der Waals surface area contributed by atoms with E-state index in [2.05, 4.69) is 37.9 Å². The van der Waals surface area contributed by atoms with Gasteiger partial charge >= 0.3 is 0 Å². The fourth-order valence-corrected chi connectivity index (χ4v) is 2.27. The number of guanidine groups is 1. The summed E-state index contributed by atoms with van der Waals surface area (Å²) in [5, 5.41) is 3.42. The molecule has 0 spiro atoms. The number of nitrogens with one attached hydrogen (secondary N) is 1. The fraction of sp³-hybridized carbons (Fsp3) is 0.929. The Bertz CT molecular complexity index is 251. The van der Waals surface area contributed by atoms with Crippen molar-refractivity contribution in [3.05, 3.63) is 0 Å². The van der Waals surface area contributed by atoms with Gasteiger partial charge in [0, 0.05) is 26.2 Å². The second kappa shape index (κ2) is 8.99. The molecule has 0 aromatic rings. The quantitative estimate of drug-likeness (QED) is 0.349. The molecule has 108 valence electrons. The second-order valence-corrected chi connectivity index (χ2v) is 5.78. The van der Waals surface area contributed by atoms with E-state index in [1.54, 1.807) is 0 Å². The lowest BCUT2D eigenvalue weighted by Gasteiger charge is -2.23. The van der Waals surface area contributed by atoms with E-state index in [4.69, 9.17) is 4.99 Å². The first-order valence-corrected chi connectivity index (χ1v) is 7.12. The minimum atomic E-state index is 0. The molecule has 4 heteroatoms. The lowest BCUT2D eigenvalue weighted by Crippen LogP contribution is -2.40. The highest BCUT2D eigenvalue weighted by Crippen LogP contribution is 2.28. The predicted molar refractivity (Wildman–Crippen MR) is 90.9 cm³/mol. The van der Waals surface area contributed by atoms with Gasteiger partial charge in [-0.15, -0.1) is 24.0 Å². The molecule has 0 saturated carbocycles. The molecule has 1 N–H and O–H groups in total. The lowest BCUT2D eigenvalue weighted by atomic mass is 9.93. The standard InChI is InChI=1S/C14H29N3.HI/c1-5-7-8-10-16-13(15-6-2)17-11-9-14(3,4)12-17;/h5-12H2,1-4H3,(H,15,16);1H. The molecule has 0 unspecified atom stereocenters. The molecule has 1 fully saturated rings. The summed E-state index contributed by atoms with van der Waals surface area (Å²) in [6, 6.07) is 0. The number of aliphatic imine (C=N–C) groups is 1. The highest BCUT2D eigenvalue weighted by atomic mass is 127. The molecule has 0 aromatic heterocycles. The molecular formula is C14H30IN3. The number of rotatable bonds is 5. The van der Waals surface area contributed by atoms with Gasteiger partial charge in [0.05, 0.1) is 0 Å². The number of hydrogen-bond acceptors (Lipinski definition) is 1. The van der Waals surface area contributed by atoms with Gasteiger partial charge in [-0.25, -0.2) is 0 Å². The maximum Gasteiger partial charge on any atom is 0.193 e. The van der Waals surface area contributed by atoms with E-state index in [-0.39, 0.29) is 24.0 Å². The molecule has 1 aliphatic heterocycles. The fourth-order valence-electron chi connectivity index (χ4n) is 2.27. The Balaban J connectivity index is 0.00000289. The Morgan fingerprint density at radius 3 is 2.50 bits per heavy atom. The summed E-state index contributed by atoms with van der Waals surface area (Å²) in [4.78, 5) is 7.14. The van der Waals surface area contributed by atoms with Crippen LogP contribution in [-0.2, 0) is 0 Å². The third-order valence-corrected chi connectivity index (χ3v) is 3.34. The monoisotopic (exact) mass is 367 g/mol. The molecule has 3 nitrogen and oxygen atoms in total. The smallest absolute Gasteiger partial charge is 0.193 e. The van der Waals surface area contributed by atoms with Crippen LogP contribution in [0.25, 0.3) is 0 Å². The first-order valence-electron chi connectivity index (χ1n) is 7.12. The molecule has 1 aliphatic rings. The summed E-state index contributed by atoms with van der Waals surface area (Å²) in [7, 11) is 0. The molecule has 0 bridgehead atoms. The second-order valence-electron chi connectivity index (χ2n) is 5.78. The number of halogens is 1. The summed E-state index contributed by atoms with van der Waals surface area (Å²) >= 11 is 0. The zero-order valence-corrected chi connectivity index (χ0v) is 14.8. The van der Waals surface area contributed by atoms with Crippen molar-refractivity contribution in [2.24, 2.45) is 10.4 Å². The van der Waals surface area contributed by atoms with Gasteiger partial charge in [-0.1, -0.05) is 33.6 Å².